The summed E-state index contributed by atoms with van der Waals surface area (Å²) >= 11 is 5.76. The SMILES string of the molecule is Cn1c([C@H](NS(=O)(=O)c2ccc(Cl)cc2F)c2ccccc2)nc2ccccc21. The summed E-state index contributed by atoms with van der Waals surface area (Å²) in [5.41, 5.74) is 2.28. The summed E-state index contributed by atoms with van der Waals surface area (Å²) in [6.07, 6.45) is 0. The van der Waals surface area contributed by atoms with Crippen molar-refractivity contribution >= 4 is 32.7 Å². The average Bonchev–Trinajstić information content (AvgIpc) is 3.03. The molecule has 3 aromatic carbocycles. The van der Waals surface area contributed by atoms with E-state index in [1.807, 2.05) is 54.1 Å². The van der Waals surface area contributed by atoms with Gasteiger partial charge in [-0.05, 0) is 35.9 Å². The third-order valence-corrected chi connectivity index (χ3v) is 6.36. The van der Waals surface area contributed by atoms with Crippen molar-refractivity contribution in [2.45, 2.75) is 10.9 Å². The summed E-state index contributed by atoms with van der Waals surface area (Å²) in [6.45, 7) is 0. The van der Waals surface area contributed by atoms with Crippen LogP contribution in [0.3, 0.4) is 0 Å². The van der Waals surface area contributed by atoms with Crippen LogP contribution < -0.4 is 4.72 Å². The van der Waals surface area contributed by atoms with Gasteiger partial charge in [0.2, 0.25) is 10.0 Å². The Labute approximate surface area is 172 Å². The Morgan fingerprint density at radius 3 is 2.41 bits per heavy atom. The van der Waals surface area contributed by atoms with E-state index in [1.165, 1.54) is 6.07 Å². The van der Waals surface area contributed by atoms with Crippen LogP contribution in [0, 0.1) is 5.82 Å². The first-order valence-electron chi connectivity index (χ1n) is 8.80. The van der Waals surface area contributed by atoms with Gasteiger partial charge >= 0.3 is 0 Å². The molecule has 1 N–H and O–H groups in total. The summed E-state index contributed by atoms with van der Waals surface area (Å²) in [4.78, 5) is 4.15. The standard InChI is InChI=1S/C21H17ClFN3O2S/c1-26-18-10-6-5-9-17(18)24-21(26)20(14-7-3-2-4-8-14)25-29(27,28)19-12-11-15(22)13-16(19)23/h2-13,20,25H,1H3/t20-/m1/s1. The number of imidazole rings is 1. The van der Waals surface area contributed by atoms with E-state index in [0.29, 0.717) is 11.4 Å². The van der Waals surface area contributed by atoms with Crippen LogP contribution in [-0.4, -0.2) is 18.0 Å². The predicted octanol–water partition coefficient (Wildman–Crippen LogP) is 4.43. The molecule has 0 unspecified atom stereocenters. The second kappa shape index (κ2) is 7.59. The summed E-state index contributed by atoms with van der Waals surface area (Å²) < 4.78 is 44.8. The van der Waals surface area contributed by atoms with Gasteiger partial charge in [0.15, 0.2) is 0 Å². The van der Waals surface area contributed by atoms with Crippen molar-refractivity contribution < 1.29 is 12.8 Å². The Morgan fingerprint density at radius 2 is 1.72 bits per heavy atom. The molecule has 5 nitrogen and oxygen atoms in total. The Kier molecular flexibility index (Phi) is 5.12. The van der Waals surface area contributed by atoms with E-state index >= 15 is 0 Å². The van der Waals surface area contributed by atoms with Gasteiger partial charge in [-0.25, -0.2) is 17.8 Å². The van der Waals surface area contributed by atoms with Gasteiger partial charge in [0.1, 0.15) is 22.6 Å². The lowest BCUT2D eigenvalue weighted by Crippen LogP contribution is -2.31. The molecule has 0 saturated heterocycles. The summed E-state index contributed by atoms with van der Waals surface area (Å²) in [6, 6.07) is 19.2. The number of hydrogen-bond donors (Lipinski definition) is 1. The lowest BCUT2D eigenvalue weighted by molar-refractivity contribution is 0.545. The number of sulfonamides is 1. The fraction of sp³-hybridized carbons (Fsp3) is 0.0952. The van der Waals surface area contributed by atoms with Gasteiger partial charge in [-0.3, -0.25) is 0 Å². The Hall–Kier alpha value is -2.74. The minimum absolute atomic E-state index is 0.122. The van der Waals surface area contributed by atoms with E-state index in [4.69, 9.17) is 11.6 Å². The minimum atomic E-state index is -4.19. The van der Waals surface area contributed by atoms with Crippen LogP contribution in [0.2, 0.25) is 5.02 Å². The number of aromatic nitrogens is 2. The second-order valence-corrected chi connectivity index (χ2v) is 8.68. The molecule has 0 aliphatic heterocycles. The van der Waals surface area contributed by atoms with Crippen LogP contribution in [0.1, 0.15) is 17.4 Å². The molecule has 29 heavy (non-hydrogen) atoms. The molecule has 0 aliphatic carbocycles. The maximum Gasteiger partial charge on any atom is 0.244 e. The van der Waals surface area contributed by atoms with Crippen molar-refractivity contribution in [1.29, 1.82) is 0 Å². The maximum absolute atomic E-state index is 14.3. The molecule has 8 heteroatoms. The molecule has 1 atom stereocenters. The third kappa shape index (κ3) is 3.76. The Morgan fingerprint density at radius 1 is 1.03 bits per heavy atom. The predicted molar refractivity (Wildman–Crippen MR) is 111 cm³/mol. The first-order chi connectivity index (χ1) is 13.9. The molecule has 4 rings (SSSR count). The average molecular weight is 430 g/mol. The summed E-state index contributed by atoms with van der Waals surface area (Å²) in [5, 5.41) is 0.122. The molecular formula is C21H17ClFN3O2S. The van der Waals surface area contributed by atoms with E-state index in [2.05, 4.69) is 9.71 Å². The van der Waals surface area contributed by atoms with Gasteiger partial charge < -0.3 is 4.57 Å². The van der Waals surface area contributed by atoms with Gasteiger partial charge in [-0.1, -0.05) is 54.1 Å². The number of para-hydroxylation sites is 2. The molecule has 1 aromatic heterocycles. The molecule has 0 aliphatic rings. The number of nitrogens with one attached hydrogen (secondary N) is 1. The highest BCUT2D eigenvalue weighted by Gasteiger charge is 2.28. The van der Waals surface area contributed by atoms with E-state index < -0.39 is 26.8 Å². The largest absolute Gasteiger partial charge is 0.329 e. The van der Waals surface area contributed by atoms with E-state index in [0.717, 1.165) is 23.2 Å². The number of nitrogens with zero attached hydrogens (tertiary/aromatic N) is 2. The highest BCUT2D eigenvalue weighted by atomic mass is 35.5. The first kappa shape index (κ1) is 19.6. The van der Waals surface area contributed by atoms with Crippen LogP contribution in [0.4, 0.5) is 4.39 Å². The Balaban J connectivity index is 1.84. The van der Waals surface area contributed by atoms with Crippen LogP contribution in [0.15, 0.2) is 77.7 Å². The van der Waals surface area contributed by atoms with Crippen molar-refractivity contribution in [1.82, 2.24) is 14.3 Å². The number of hydrogen-bond acceptors (Lipinski definition) is 3. The van der Waals surface area contributed by atoms with E-state index in [1.54, 1.807) is 12.1 Å². The first-order valence-corrected chi connectivity index (χ1v) is 10.7. The fourth-order valence-corrected chi connectivity index (χ4v) is 4.65. The molecular weight excluding hydrogens is 413 g/mol. The number of rotatable bonds is 5. The lowest BCUT2D eigenvalue weighted by Gasteiger charge is -2.19. The van der Waals surface area contributed by atoms with Gasteiger partial charge in [-0.2, -0.15) is 4.72 Å². The lowest BCUT2D eigenvalue weighted by atomic mass is 10.1. The zero-order valence-electron chi connectivity index (χ0n) is 15.4. The van der Waals surface area contributed by atoms with Crippen molar-refractivity contribution in [2.24, 2.45) is 7.05 Å². The fourth-order valence-electron chi connectivity index (χ4n) is 3.25. The highest BCUT2D eigenvalue weighted by Crippen LogP contribution is 2.28. The molecule has 0 bridgehead atoms. The molecule has 0 radical (unpaired) electrons. The summed E-state index contributed by atoms with van der Waals surface area (Å²) in [5.74, 6) is -0.419. The smallest absolute Gasteiger partial charge is 0.244 e. The topological polar surface area (TPSA) is 64.0 Å². The minimum Gasteiger partial charge on any atom is -0.329 e. The summed E-state index contributed by atoms with van der Waals surface area (Å²) in [7, 11) is -2.38. The van der Waals surface area contributed by atoms with Gasteiger partial charge in [0, 0.05) is 12.1 Å². The molecule has 1 heterocycles. The number of aryl methyl sites for hydroxylation is 1. The van der Waals surface area contributed by atoms with E-state index in [9.17, 15) is 12.8 Å². The normalized spacial score (nSPS) is 12.9. The van der Waals surface area contributed by atoms with Crippen LogP contribution >= 0.6 is 11.6 Å². The van der Waals surface area contributed by atoms with Crippen molar-refractivity contribution in [3.63, 3.8) is 0 Å². The monoisotopic (exact) mass is 429 g/mol. The zero-order chi connectivity index (χ0) is 20.6. The van der Waals surface area contributed by atoms with Crippen LogP contribution in [0.25, 0.3) is 11.0 Å². The van der Waals surface area contributed by atoms with Gasteiger partial charge in [0.05, 0.1) is 11.0 Å². The molecule has 0 amide bonds. The van der Waals surface area contributed by atoms with Crippen LogP contribution in [-0.2, 0) is 17.1 Å². The number of halogens is 2. The van der Waals surface area contributed by atoms with Gasteiger partial charge in [-0.15, -0.1) is 0 Å². The molecule has 0 fully saturated rings. The Bertz CT molecular complexity index is 1290. The quantitative estimate of drug-likeness (QED) is 0.510. The van der Waals surface area contributed by atoms with Crippen molar-refractivity contribution in [2.75, 3.05) is 0 Å². The third-order valence-electron chi connectivity index (χ3n) is 4.67. The molecule has 0 spiro atoms. The van der Waals surface area contributed by atoms with Gasteiger partial charge in [0.25, 0.3) is 0 Å². The number of benzene rings is 3. The van der Waals surface area contributed by atoms with Crippen molar-refractivity contribution in [3.8, 4) is 0 Å². The van der Waals surface area contributed by atoms with Crippen LogP contribution in [0.5, 0.6) is 0 Å². The zero-order valence-corrected chi connectivity index (χ0v) is 17.0. The maximum atomic E-state index is 14.3. The molecule has 148 valence electrons. The van der Waals surface area contributed by atoms with E-state index in [-0.39, 0.29) is 5.02 Å². The highest BCUT2D eigenvalue weighted by molar-refractivity contribution is 7.89. The molecule has 4 aromatic rings. The number of fused-ring (bicyclic) bond motifs is 1. The van der Waals surface area contributed by atoms with Crippen molar-refractivity contribution in [3.05, 3.63) is 95.0 Å². The second-order valence-electron chi connectivity index (χ2n) is 6.56. The molecule has 0 saturated carbocycles.